The van der Waals surface area contributed by atoms with Gasteiger partial charge in [-0.25, -0.2) is 0 Å². The number of amides is 3. The van der Waals surface area contributed by atoms with Crippen LogP contribution in [0.2, 0.25) is 0 Å². The zero-order valence-corrected chi connectivity index (χ0v) is 15.6. The summed E-state index contributed by atoms with van der Waals surface area (Å²) in [5, 5.41) is 0. The highest BCUT2D eigenvalue weighted by atomic mass is 16.5. The minimum Gasteiger partial charge on any atom is -0.469 e. The van der Waals surface area contributed by atoms with Gasteiger partial charge >= 0.3 is 5.97 Å². The van der Waals surface area contributed by atoms with E-state index in [4.69, 9.17) is 4.42 Å². The minimum atomic E-state index is -1.03. The lowest BCUT2D eigenvalue weighted by molar-refractivity contribution is -0.142. The van der Waals surface area contributed by atoms with E-state index in [0.29, 0.717) is 5.76 Å². The van der Waals surface area contributed by atoms with Crippen LogP contribution in [-0.4, -0.2) is 53.2 Å². The molecule has 0 bridgehead atoms. The summed E-state index contributed by atoms with van der Waals surface area (Å²) in [5.41, 5.74) is 0.554. The molecule has 1 aliphatic rings. The highest BCUT2D eigenvalue weighted by Crippen LogP contribution is 2.25. The van der Waals surface area contributed by atoms with Crippen molar-refractivity contribution in [3.8, 4) is 0 Å². The number of benzene rings is 1. The Hall–Kier alpha value is -3.42. The van der Waals surface area contributed by atoms with Gasteiger partial charge in [-0.15, -0.1) is 0 Å². The van der Waals surface area contributed by atoms with E-state index in [1.807, 2.05) is 0 Å². The summed E-state index contributed by atoms with van der Waals surface area (Å²) >= 11 is 0. The summed E-state index contributed by atoms with van der Waals surface area (Å²) in [4.78, 5) is 52.2. The van der Waals surface area contributed by atoms with E-state index in [9.17, 15) is 19.2 Å². The van der Waals surface area contributed by atoms with Crippen LogP contribution >= 0.6 is 0 Å². The normalized spacial score (nSPS) is 14.0. The monoisotopic (exact) mass is 384 g/mol. The number of hydrogen-bond acceptors (Lipinski definition) is 6. The van der Waals surface area contributed by atoms with Crippen molar-refractivity contribution in [1.29, 1.82) is 0 Å². The fourth-order valence-corrected chi connectivity index (χ4v) is 3.12. The van der Waals surface area contributed by atoms with Crippen LogP contribution in [-0.2, 0) is 20.9 Å². The van der Waals surface area contributed by atoms with Gasteiger partial charge in [0.1, 0.15) is 11.8 Å². The Morgan fingerprint density at radius 3 is 2.29 bits per heavy atom. The topological polar surface area (TPSA) is 97.1 Å². The molecule has 1 aromatic heterocycles. The second-order valence-electron chi connectivity index (χ2n) is 6.37. The predicted molar refractivity (Wildman–Crippen MR) is 97.2 cm³/mol. The number of methoxy groups -OCH3 is 1. The first kappa shape index (κ1) is 19.3. The molecule has 28 heavy (non-hydrogen) atoms. The third-order valence-corrected chi connectivity index (χ3v) is 4.62. The van der Waals surface area contributed by atoms with Gasteiger partial charge in [0.05, 0.1) is 37.5 Å². The molecule has 1 unspecified atom stereocenters. The van der Waals surface area contributed by atoms with Crippen molar-refractivity contribution in [3.05, 3.63) is 59.5 Å². The standard InChI is InChI=1S/C20H20N2O6/c1-13(22-19(25)15-7-3-4-8-16(15)20(22)26)18(24)21(10-9-17(23)27-2)12-14-6-5-11-28-14/h3-8,11,13H,9-10,12H2,1-2H3. The number of carbonyl (C=O) groups excluding carboxylic acids is 4. The summed E-state index contributed by atoms with van der Waals surface area (Å²) in [6.45, 7) is 1.67. The number of rotatable bonds is 7. The third-order valence-electron chi connectivity index (χ3n) is 4.62. The van der Waals surface area contributed by atoms with Gasteiger partial charge in [0, 0.05) is 6.54 Å². The molecule has 1 atom stereocenters. The summed E-state index contributed by atoms with van der Waals surface area (Å²) in [7, 11) is 1.27. The van der Waals surface area contributed by atoms with E-state index in [-0.39, 0.29) is 30.6 Å². The number of nitrogens with zero attached hydrogens (tertiary/aromatic N) is 2. The van der Waals surface area contributed by atoms with Gasteiger partial charge in [-0.2, -0.15) is 0 Å². The van der Waals surface area contributed by atoms with Crippen LogP contribution in [0.4, 0.5) is 0 Å². The molecule has 3 amide bonds. The molecule has 0 fully saturated rings. The number of furan rings is 1. The van der Waals surface area contributed by atoms with E-state index >= 15 is 0 Å². The Kier molecular flexibility index (Phi) is 5.58. The van der Waals surface area contributed by atoms with Crippen LogP contribution in [0, 0.1) is 0 Å². The van der Waals surface area contributed by atoms with Crippen molar-refractivity contribution >= 4 is 23.7 Å². The summed E-state index contributed by atoms with van der Waals surface area (Å²) < 4.78 is 9.92. The van der Waals surface area contributed by atoms with Crippen LogP contribution in [0.3, 0.4) is 0 Å². The van der Waals surface area contributed by atoms with Crippen LogP contribution in [0.5, 0.6) is 0 Å². The number of imide groups is 1. The van der Waals surface area contributed by atoms with E-state index < -0.39 is 29.7 Å². The van der Waals surface area contributed by atoms with Crippen LogP contribution < -0.4 is 0 Å². The summed E-state index contributed by atoms with van der Waals surface area (Å²) in [5.74, 6) is -1.42. The van der Waals surface area contributed by atoms with Crippen molar-refractivity contribution in [2.75, 3.05) is 13.7 Å². The molecule has 0 saturated heterocycles. The highest BCUT2D eigenvalue weighted by Gasteiger charge is 2.41. The maximum atomic E-state index is 13.1. The molecule has 2 heterocycles. The van der Waals surface area contributed by atoms with Gasteiger partial charge in [-0.3, -0.25) is 24.1 Å². The van der Waals surface area contributed by atoms with E-state index in [0.717, 1.165) is 4.90 Å². The Morgan fingerprint density at radius 2 is 1.75 bits per heavy atom. The fraction of sp³-hybridized carbons (Fsp3) is 0.300. The van der Waals surface area contributed by atoms with Crippen LogP contribution in [0.15, 0.2) is 47.1 Å². The lowest BCUT2D eigenvalue weighted by atomic mass is 10.1. The molecule has 0 spiro atoms. The van der Waals surface area contributed by atoms with Gasteiger partial charge < -0.3 is 14.1 Å². The average Bonchev–Trinajstić information content (AvgIpc) is 3.31. The maximum Gasteiger partial charge on any atom is 0.307 e. The van der Waals surface area contributed by atoms with Gasteiger partial charge in [-0.05, 0) is 31.2 Å². The number of esters is 1. The quantitative estimate of drug-likeness (QED) is 0.534. The molecule has 3 rings (SSSR count). The molecular formula is C20H20N2O6. The van der Waals surface area contributed by atoms with Crippen molar-refractivity contribution in [3.63, 3.8) is 0 Å². The Balaban J connectivity index is 1.80. The SMILES string of the molecule is COC(=O)CCN(Cc1ccco1)C(=O)C(C)N1C(=O)c2ccccc2C1=O. The van der Waals surface area contributed by atoms with E-state index in [2.05, 4.69) is 4.74 Å². The maximum absolute atomic E-state index is 13.1. The first-order valence-electron chi connectivity index (χ1n) is 8.79. The summed E-state index contributed by atoms with van der Waals surface area (Å²) in [6, 6.07) is 8.81. The second-order valence-corrected chi connectivity index (χ2v) is 6.37. The largest absolute Gasteiger partial charge is 0.469 e. The fourth-order valence-electron chi connectivity index (χ4n) is 3.12. The van der Waals surface area contributed by atoms with Crippen molar-refractivity contribution in [2.45, 2.75) is 25.9 Å². The van der Waals surface area contributed by atoms with Gasteiger partial charge in [0.2, 0.25) is 5.91 Å². The predicted octanol–water partition coefficient (Wildman–Crippen LogP) is 1.86. The molecule has 2 aromatic rings. The minimum absolute atomic E-state index is 0.0161. The molecule has 8 heteroatoms. The lowest BCUT2D eigenvalue weighted by Gasteiger charge is -2.28. The molecule has 0 saturated carbocycles. The van der Waals surface area contributed by atoms with E-state index in [1.165, 1.54) is 25.2 Å². The number of hydrogen-bond donors (Lipinski definition) is 0. The highest BCUT2D eigenvalue weighted by molar-refractivity contribution is 6.22. The van der Waals surface area contributed by atoms with E-state index in [1.54, 1.807) is 36.4 Å². The molecule has 0 N–H and O–H groups in total. The molecular weight excluding hydrogens is 364 g/mol. The number of ether oxygens (including phenoxy) is 1. The molecule has 146 valence electrons. The summed E-state index contributed by atoms with van der Waals surface area (Å²) in [6.07, 6.45) is 1.46. The van der Waals surface area contributed by atoms with Gasteiger partial charge in [-0.1, -0.05) is 12.1 Å². The molecule has 0 aliphatic carbocycles. The first-order valence-corrected chi connectivity index (χ1v) is 8.79. The zero-order valence-electron chi connectivity index (χ0n) is 15.6. The number of carbonyl (C=O) groups is 4. The smallest absolute Gasteiger partial charge is 0.307 e. The lowest BCUT2D eigenvalue weighted by Crippen LogP contribution is -2.49. The Morgan fingerprint density at radius 1 is 1.11 bits per heavy atom. The Labute approximate surface area is 161 Å². The zero-order chi connectivity index (χ0) is 20.3. The van der Waals surface area contributed by atoms with Gasteiger partial charge in [0.25, 0.3) is 11.8 Å². The van der Waals surface area contributed by atoms with Crippen molar-refractivity contribution in [2.24, 2.45) is 0 Å². The molecule has 1 aliphatic heterocycles. The average molecular weight is 384 g/mol. The van der Waals surface area contributed by atoms with Gasteiger partial charge in [0.15, 0.2) is 0 Å². The number of fused-ring (bicyclic) bond motifs is 1. The van der Waals surface area contributed by atoms with Crippen LogP contribution in [0.1, 0.15) is 39.8 Å². The molecule has 0 radical (unpaired) electrons. The first-order chi connectivity index (χ1) is 13.4. The second kappa shape index (κ2) is 8.08. The Bertz CT molecular complexity index is 870. The van der Waals surface area contributed by atoms with Crippen molar-refractivity contribution in [1.82, 2.24) is 9.80 Å². The molecule has 8 nitrogen and oxygen atoms in total. The van der Waals surface area contributed by atoms with Crippen molar-refractivity contribution < 1.29 is 28.3 Å². The van der Waals surface area contributed by atoms with Crippen LogP contribution in [0.25, 0.3) is 0 Å². The molecule has 1 aromatic carbocycles. The third kappa shape index (κ3) is 3.66.